The van der Waals surface area contributed by atoms with E-state index in [-0.39, 0.29) is 5.56 Å². The van der Waals surface area contributed by atoms with E-state index in [1.165, 1.54) is 17.9 Å². The van der Waals surface area contributed by atoms with E-state index in [0.29, 0.717) is 12.4 Å². The molecule has 1 N–H and O–H groups in total. The van der Waals surface area contributed by atoms with Crippen molar-refractivity contribution in [2.45, 2.75) is 17.9 Å². The van der Waals surface area contributed by atoms with Crippen LogP contribution in [0.2, 0.25) is 0 Å². The molecule has 0 radical (unpaired) electrons. The molecule has 0 aromatic heterocycles. The van der Waals surface area contributed by atoms with E-state index in [4.69, 9.17) is 4.74 Å². The number of halogens is 1. The van der Waals surface area contributed by atoms with E-state index < -0.39 is 11.9 Å². The highest BCUT2D eigenvalue weighted by atomic mass is 32.2. The molecular weight excluding hydrogens is 275 g/mol. The Kier molecular flexibility index (Phi) is 5.44. The molecule has 0 aliphatic rings. The number of thioether (sulfide) groups is 1. The molecule has 0 aliphatic carbocycles. The zero-order valence-corrected chi connectivity index (χ0v) is 12.1. The summed E-state index contributed by atoms with van der Waals surface area (Å²) in [5, 5.41) is 9.35. The second-order valence-corrected chi connectivity index (χ2v) is 5.54. The predicted octanol–water partition coefficient (Wildman–Crippen LogP) is 4.05. The number of hydrogen-bond acceptors (Lipinski definition) is 3. The number of benzene rings is 2. The van der Waals surface area contributed by atoms with Gasteiger partial charge in [-0.3, -0.25) is 0 Å². The summed E-state index contributed by atoms with van der Waals surface area (Å²) in [4.78, 5) is 1.19. The molecule has 0 saturated heterocycles. The average Bonchev–Trinajstić information content (AvgIpc) is 2.44. The Morgan fingerprint density at radius 2 is 1.95 bits per heavy atom. The minimum absolute atomic E-state index is 0.288. The van der Waals surface area contributed by atoms with Crippen LogP contribution in [0.25, 0.3) is 0 Å². The van der Waals surface area contributed by atoms with Gasteiger partial charge >= 0.3 is 0 Å². The van der Waals surface area contributed by atoms with Gasteiger partial charge in [0.1, 0.15) is 11.6 Å². The zero-order chi connectivity index (χ0) is 14.4. The minimum atomic E-state index is -0.808. The molecule has 0 amide bonds. The molecule has 0 bridgehead atoms. The van der Waals surface area contributed by atoms with Gasteiger partial charge < -0.3 is 9.84 Å². The Labute approximate surface area is 122 Å². The largest absolute Gasteiger partial charge is 0.493 e. The summed E-state index contributed by atoms with van der Waals surface area (Å²) in [5.74, 6) is 0.845. The van der Waals surface area contributed by atoms with E-state index in [0.717, 1.165) is 5.75 Å². The Bertz CT molecular complexity index is 543. The van der Waals surface area contributed by atoms with Crippen molar-refractivity contribution in [3.05, 3.63) is 59.9 Å². The van der Waals surface area contributed by atoms with Gasteiger partial charge in [0.05, 0.1) is 12.7 Å². The van der Waals surface area contributed by atoms with Crippen LogP contribution in [-0.2, 0) is 0 Å². The first-order chi connectivity index (χ1) is 9.66. The van der Waals surface area contributed by atoms with Crippen molar-refractivity contribution in [3.63, 3.8) is 0 Å². The summed E-state index contributed by atoms with van der Waals surface area (Å²) in [7, 11) is 0. The van der Waals surface area contributed by atoms with Crippen molar-refractivity contribution in [2.75, 3.05) is 12.4 Å². The van der Waals surface area contributed by atoms with E-state index in [2.05, 4.69) is 0 Å². The van der Waals surface area contributed by atoms with Gasteiger partial charge in [0.2, 0.25) is 0 Å². The number of aliphatic hydroxyl groups is 1. The van der Waals surface area contributed by atoms with Gasteiger partial charge in [-0.05, 0) is 31.2 Å². The number of aliphatic hydroxyl groups excluding tert-OH is 1. The number of hydrogen-bond donors (Lipinski definition) is 1. The van der Waals surface area contributed by atoms with Crippen LogP contribution >= 0.6 is 11.8 Å². The first kappa shape index (κ1) is 14.9. The van der Waals surface area contributed by atoms with E-state index in [1.54, 1.807) is 23.9 Å². The Morgan fingerprint density at radius 1 is 1.20 bits per heavy atom. The standard InChI is InChI=1S/C16H17FO2S/c1-12(18)15-8-7-13(11-16(15)17)19-9-10-20-14-5-3-2-4-6-14/h2-8,11-12,18H,9-10H2,1H3. The van der Waals surface area contributed by atoms with Crippen LogP contribution in [0.5, 0.6) is 5.75 Å². The fourth-order valence-corrected chi connectivity index (χ4v) is 2.52. The third kappa shape index (κ3) is 4.25. The molecule has 1 atom stereocenters. The van der Waals surface area contributed by atoms with E-state index in [1.807, 2.05) is 30.3 Å². The highest BCUT2D eigenvalue weighted by molar-refractivity contribution is 7.99. The topological polar surface area (TPSA) is 29.5 Å². The molecular formula is C16H17FO2S. The minimum Gasteiger partial charge on any atom is -0.493 e. The lowest BCUT2D eigenvalue weighted by molar-refractivity contribution is 0.194. The maximum Gasteiger partial charge on any atom is 0.132 e. The van der Waals surface area contributed by atoms with Crippen LogP contribution in [0.1, 0.15) is 18.6 Å². The quantitative estimate of drug-likeness (QED) is 0.643. The molecule has 2 nitrogen and oxygen atoms in total. The van der Waals surface area contributed by atoms with Crippen molar-refractivity contribution in [2.24, 2.45) is 0 Å². The van der Waals surface area contributed by atoms with Crippen LogP contribution in [-0.4, -0.2) is 17.5 Å². The Morgan fingerprint density at radius 3 is 2.60 bits per heavy atom. The fourth-order valence-electron chi connectivity index (χ4n) is 1.77. The smallest absolute Gasteiger partial charge is 0.132 e. The van der Waals surface area contributed by atoms with Crippen LogP contribution in [0.3, 0.4) is 0 Å². The highest BCUT2D eigenvalue weighted by Crippen LogP contribution is 2.22. The summed E-state index contributed by atoms with van der Waals surface area (Å²) in [6.07, 6.45) is -0.808. The Hall–Kier alpha value is -1.52. The fraction of sp³-hybridized carbons (Fsp3) is 0.250. The van der Waals surface area contributed by atoms with Gasteiger partial charge in [0.25, 0.3) is 0 Å². The molecule has 1 unspecified atom stereocenters. The number of ether oxygens (including phenoxy) is 1. The third-order valence-electron chi connectivity index (χ3n) is 2.79. The lowest BCUT2D eigenvalue weighted by Gasteiger charge is -2.10. The van der Waals surface area contributed by atoms with Gasteiger partial charge in [0.15, 0.2) is 0 Å². The normalized spacial score (nSPS) is 12.2. The van der Waals surface area contributed by atoms with Crippen LogP contribution in [0, 0.1) is 5.82 Å². The predicted molar refractivity (Wildman–Crippen MR) is 79.7 cm³/mol. The van der Waals surface area contributed by atoms with Gasteiger partial charge in [-0.25, -0.2) is 4.39 Å². The molecule has 4 heteroatoms. The molecule has 2 aromatic carbocycles. The van der Waals surface area contributed by atoms with Crippen molar-refractivity contribution in [1.29, 1.82) is 0 Å². The maximum atomic E-state index is 13.6. The van der Waals surface area contributed by atoms with Gasteiger partial charge in [-0.15, -0.1) is 11.8 Å². The van der Waals surface area contributed by atoms with Crippen molar-refractivity contribution < 1.29 is 14.2 Å². The lowest BCUT2D eigenvalue weighted by Crippen LogP contribution is -2.02. The molecule has 0 saturated carbocycles. The Balaban J connectivity index is 1.81. The summed E-state index contributed by atoms with van der Waals surface area (Å²) in [6, 6.07) is 14.6. The van der Waals surface area contributed by atoms with E-state index in [9.17, 15) is 9.50 Å². The molecule has 106 valence electrons. The van der Waals surface area contributed by atoms with Crippen molar-refractivity contribution in [3.8, 4) is 5.75 Å². The van der Waals surface area contributed by atoms with Gasteiger partial charge in [-0.2, -0.15) is 0 Å². The zero-order valence-electron chi connectivity index (χ0n) is 11.3. The first-order valence-corrected chi connectivity index (χ1v) is 7.43. The molecule has 2 rings (SSSR count). The van der Waals surface area contributed by atoms with Gasteiger partial charge in [-0.1, -0.05) is 18.2 Å². The lowest BCUT2D eigenvalue weighted by atomic mass is 10.1. The summed E-state index contributed by atoms with van der Waals surface area (Å²) in [5.41, 5.74) is 0.288. The highest BCUT2D eigenvalue weighted by Gasteiger charge is 2.08. The molecule has 0 aliphatic heterocycles. The number of rotatable bonds is 6. The molecule has 2 aromatic rings. The summed E-state index contributed by atoms with van der Waals surface area (Å²) < 4.78 is 19.1. The molecule has 0 spiro atoms. The maximum absolute atomic E-state index is 13.6. The van der Waals surface area contributed by atoms with E-state index >= 15 is 0 Å². The van der Waals surface area contributed by atoms with Crippen LogP contribution in [0.15, 0.2) is 53.4 Å². The van der Waals surface area contributed by atoms with Crippen molar-refractivity contribution >= 4 is 11.8 Å². The summed E-state index contributed by atoms with van der Waals surface area (Å²) in [6.45, 7) is 2.04. The SMILES string of the molecule is CC(O)c1ccc(OCCSc2ccccc2)cc1F. The van der Waals surface area contributed by atoms with Gasteiger partial charge in [0, 0.05) is 22.3 Å². The molecule has 0 fully saturated rings. The molecule has 0 heterocycles. The van der Waals surface area contributed by atoms with Crippen LogP contribution in [0.4, 0.5) is 4.39 Å². The average molecular weight is 292 g/mol. The summed E-state index contributed by atoms with van der Waals surface area (Å²) >= 11 is 1.69. The second-order valence-electron chi connectivity index (χ2n) is 4.37. The third-order valence-corrected chi connectivity index (χ3v) is 3.76. The van der Waals surface area contributed by atoms with Crippen molar-refractivity contribution in [1.82, 2.24) is 0 Å². The monoisotopic (exact) mass is 292 g/mol. The molecule has 20 heavy (non-hydrogen) atoms. The van der Waals surface area contributed by atoms with Crippen LogP contribution < -0.4 is 4.74 Å². The second kappa shape index (κ2) is 7.31. The first-order valence-electron chi connectivity index (χ1n) is 6.45.